The molecule has 86 valence electrons. The van der Waals surface area contributed by atoms with Crippen molar-refractivity contribution in [2.75, 3.05) is 13.2 Å². The van der Waals surface area contributed by atoms with Gasteiger partial charge in [0.1, 0.15) is 12.1 Å². The average Bonchev–Trinajstić information content (AvgIpc) is 2.36. The maximum atomic E-state index is 8.92. The van der Waals surface area contributed by atoms with E-state index in [1.165, 1.54) is 0 Å². The van der Waals surface area contributed by atoms with E-state index in [1.807, 2.05) is 43.3 Å². The lowest BCUT2D eigenvalue weighted by molar-refractivity contribution is 0.299. The molecular weight excluding hydrogens is 214 g/mol. The summed E-state index contributed by atoms with van der Waals surface area (Å²) in [4.78, 5) is 0. The number of aliphatic hydroxyl groups is 1. The molecule has 0 heterocycles. The summed E-state index contributed by atoms with van der Waals surface area (Å²) in [7, 11) is 0. The van der Waals surface area contributed by atoms with E-state index in [1.54, 1.807) is 0 Å². The summed E-state index contributed by atoms with van der Waals surface area (Å²) in [6.45, 7) is 2.15. The molecule has 17 heavy (non-hydrogen) atoms. The van der Waals surface area contributed by atoms with E-state index < -0.39 is 0 Å². The molecule has 0 saturated carbocycles. The van der Waals surface area contributed by atoms with Gasteiger partial charge in [-0.3, -0.25) is 0 Å². The van der Waals surface area contributed by atoms with Crippen molar-refractivity contribution in [2.45, 2.75) is 6.92 Å². The number of nitrogens with one attached hydrogen (secondary N) is 1. The molecule has 2 N–H and O–H groups in total. The molecule has 0 aliphatic rings. The highest BCUT2D eigenvalue weighted by molar-refractivity contribution is 5.75. The zero-order chi connectivity index (χ0) is 12.7. The van der Waals surface area contributed by atoms with E-state index in [0.29, 0.717) is 12.2 Å². The Bertz CT molecular complexity index is 490. The molecule has 0 fully saturated rings. The summed E-state index contributed by atoms with van der Waals surface area (Å²) in [5.74, 6) is 0. The van der Waals surface area contributed by atoms with Crippen molar-refractivity contribution in [1.82, 2.24) is 5.32 Å². The Hall–Kier alpha value is -2.30. The molecule has 0 aliphatic heterocycles. The van der Waals surface area contributed by atoms with Crippen LogP contribution in [-0.4, -0.2) is 18.3 Å². The molecule has 4 nitrogen and oxygen atoms in total. The third kappa shape index (κ3) is 3.07. The van der Waals surface area contributed by atoms with E-state index in [2.05, 4.69) is 5.32 Å². The predicted octanol–water partition coefficient (Wildman–Crippen LogP) is 1.34. The van der Waals surface area contributed by atoms with Gasteiger partial charge in [-0.1, -0.05) is 24.3 Å². The monoisotopic (exact) mass is 227 g/mol. The number of hydrogen-bond acceptors (Lipinski definition) is 4. The maximum absolute atomic E-state index is 8.92. The van der Waals surface area contributed by atoms with Crippen LogP contribution in [0.25, 0.3) is 5.70 Å². The Labute approximate surface area is 100 Å². The van der Waals surface area contributed by atoms with Crippen molar-refractivity contribution < 1.29 is 5.11 Å². The lowest BCUT2D eigenvalue weighted by Gasteiger charge is -2.12. The summed E-state index contributed by atoms with van der Waals surface area (Å²) in [5.41, 5.74) is 2.27. The van der Waals surface area contributed by atoms with Crippen LogP contribution in [0, 0.1) is 29.6 Å². The lowest BCUT2D eigenvalue weighted by atomic mass is 10.0. The fourth-order valence-corrected chi connectivity index (χ4v) is 1.49. The van der Waals surface area contributed by atoms with Gasteiger partial charge in [0.25, 0.3) is 0 Å². The predicted molar refractivity (Wildman–Crippen MR) is 64.4 cm³/mol. The number of allylic oxidation sites excluding steroid dienone is 1. The number of benzene rings is 1. The largest absolute Gasteiger partial charge is 0.395 e. The molecule has 0 bridgehead atoms. The van der Waals surface area contributed by atoms with Crippen LogP contribution in [0.3, 0.4) is 0 Å². The number of nitrogens with zero attached hydrogens (tertiary/aromatic N) is 2. The molecule has 0 aromatic heterocycles. The quantitative estimate of drug-likeness (QED) is 0.760. The zero-order valence-electron chi connectivity index (χ0n) is 9.57. The highest BCUT2D eigenvalue weighted by Crippen LogP contribution is 2.19. The van der Waals surface area contributed by atoms with E-state index in [9.17, 15) is 0 Å². The van der Waals surface area contributed by atoms with E-state index >= 15 is 0 Å². The SMILES string of the molecule is Cc1ccccc1C(NCCO)=C(C#N)C#N. The van der Waals surface area contributed by atoms with Crippen LogP contribution in [0.4, 0.5) is 0 Å². The van der Waals surface area contributed by atoms with Gasteiger partial charge in [-0.15, -0.1) is 0 Å². The first kappa shape index (κ1) is 12.8. The summed E-state index contributed by atoms with van der Waals surface area (Å²) in [6.07, 6.45) is 0. The fourth-order valence-electron chi connectivity index (χ4n) is 1.49. The second kappa shape index (κ2) is 6.32. The summed E-state index contributed by atoms with van der Waals surface area (Å²) < 4.78 is 0. The van der Waals surface area contributed by atoms with E-state index in [0.717, 1.165) is 11.1 Å². The van der Waals surface area contributed by atoms with Gasteiger partial charge in [-0.05, 0) is 12.5 Å². The van der Waals surface area contributed by atoms with Gasteiger partial charge >= 0.3 is 0 Å². The van der Waals surface area contributed by atoms with Crippen molar-refractivity contribution >= 4 is 5.70 Å². The Morgan fingerprint density at radius 1 is 1.29 bits per heavy atom. The minimum absolute atomic E-state index is 0.0211. The van der Waals surface area contributed by atoms with Gasteiger partial charge in [0.05, 0.1) is 12.3 Å². The zero-order valence-corrected chi connectivity index (χ0v) is 9.57. The normalized spacial score (nSPS) is 8.94. The number of aryl methyl sites for hydroxylation is 1. The lowest BCUT2D eigenvalue weighted by Crippen LogP contribution is -2.18. The van der Waals surface area contributed by atoms with Crippen LogP contribution in [-0.2, 0) is 0 Å². The van der Waals surface area contributed by atoms with Crippen LogP contribution in [0.2, 0.25) is 0 Å². The molecule has 0 amide bonds. The van der Waals surface area contributed by atoms with Crippen molar-refractivity contribution in [2.24, 2.45) is 0 Å². The number of nitriles is 2. The number of aliphatic hydroxyl groups excluding tert-OH is 1. The topological polar surface area (TPSA) is 79.8 Å². The molecule has 0 saturated heterocycles. The Morgan fingerprint density at radius 2 is 1.94 bits per heavy atom. The molecule has 1 aromatic rings. The van der Waals surface area contributed by atoms with Crippen LogP contribution in [0.15, 0.2) is 29.8 Å². The molecule has 0 atom stereocenters. The Balaban J connectivity index is 3.27. The average molecular weight is 227 g/mol. The van der Waals surface area contributed by atoms with Crippen LogP contribution < -0.4 is 5.32 Å². The molecule has 4 heteroatoms. The smallest absolute Gasteiger partial charge is 0.153 e. The third-order valence-electron chi connectivity index (χ3n) is 2.30. The van der Waals surface area contributed by atoms with Gasteiger partial charge < -0.3 is 10.4 Å². The van der Waals surface area contributed by atoms with Crippen LogP contribution >= 0.6 is 0 Å². The summed E-state index contributed by atoms with van der Waals surface area (Å²) in [5, 5.41) is 29.6. The van der Waals surface area contributed by atoms with Crippen molar-refractivity contribution in [3.8, 4) is 12.1 Å². The fraction of sp³-hybridized carbons (Fsp3) is 0.231. The minimum atomic E-state index is -0.0560. The second-order valence-corrected chi connectivity index (χ2v) is 3.44. The summed E-state index contributed by atoms with van der Waals surface area (Å²) >= 11 is 0. The van der Waals surface area contributed by atoms with Crippen molar-refractivity contribution in [1.29, 1.82) is 10.5 Å². The first-order valence-electron chi connectivity index (χ1n) is 5.19. The van der Waals surface area contributed by atoms with Crippen molar-refractivity contribution in [3.63, 3.8) is 0 Å². The van der Waals surface area contributed by atoms with E-state index in [4.69, 9.17) is 15.6 Å². The van der Waals surface area contributed by atoms with Gasteiger partial charge in [0.2, 0.25) is 0 Å². The van der Waals surface area contributed by atoms with Crippen molar-refractivity contribution in [3.05, 3.63) is 41.0 Å². The van der Waals surface area contributed by atoms with E-state index in [-0.39, 0.29) is 12.2 Å². The molecule has 1 rings (SSSR count). The molecule has 0 spiro atoms. The van der Waals surface area contributed by atoms with Gasteiger partial charge in [0, 0.05) is 12.1 Å². The molecule has 0 radical (unpaired) electrons. The minimum Gasteiger partial charge on any atom is -0.395 e. The van der Waals surface area contributed by atoms with Gasteiger partial charge in [-0.25, -0.2) is 0 Å². The van der Waals surface area contributed by atoms with Gasteiger partial charge in [0.15, 0.2) is 5.57 Å². The molecule has 1 aromatic carbocycles. The number of hydrogen-bond donors (Lipinski definition) is 2. The highest BCUT2D eigenvalue weighted by Gasteiger charge is 2.10. The molecular formula is C13H13N3O. The first-order valence-corrected chi connectivity index (χ1v) is 5.19. The van der Waals surface area contributed by atoms with Crippen LogP contribution in [0.5, 0.6) is 0 Å². The standard InChI is InChI=1S/C13H13N3O/c1-10-4-2-3-5-12(10)13(16-6-7-17)11(8-14)9-15/h2-5,16-17H,6-7H2,1H3. The summed E-state index contributed by atoms with van der Waals surface area (Å²) in [6, 6.07) is 11.2. The Kier molecular flexibility index (Phi) is 4.75. The number of rotatable bonds is 4. The first-order chi connectivity index (χ1) is 8.24. The second-order valence-electron chi connectivity index (χ2n) is 3.44. The molecule has 0 unspecified atom stereocenters. The highest BCUT2D eigenvalue weighted by atomic mass is 16.3. The third-order valence-corrected chi connectivity index (χ3v) is 2.30. The maximum Gasteiger partial charge on any atom is 0.153 e. The van der Waals surface area contributed by atoms with Crippen LogP contribution in [0.1, 0.15) is 11.1 Å². The molecule has 0 aliphatic carbocycles. The van der Waals surface area contributed by atoms with Gasteiger partial charge in [-0.2, -0.15) is 10.5 Å². The Morgan fingerprint density at radius 3 is 2.47 bits per heavy atom.